The van der Waals surface area contributed by atoms with E-state index in [0.29, 0.717) is 37.3 Å². The summed E-state index contributed by atoms with van der Waals surface area (Å²) in [5, 5.41) is 0. The van der Waals surface area contributed by atoms with E-state index in [2.05, 4.69) is 41.3 Å². The Morgan fingerprint density at radius 1 is 0.897 bits per heavy atom. The molecule has 3 aliphatic rings. The molecule has 200 valence electrons. The minimum atomic E-state index is -0.529. The summed E-state index contributed by atoms with van der Waals surface area (Å²) in [7, 11) is 1.71. The highest BCUT2D eigenvalue weighted by Gasteiger charge is 2.40. The van der Waals surface area contributed by atoms with Gasteiger partial charge in [0.05, 0.1) is 26.1 Å². The summed E-state index contributed by atoms with van der Waals surface area (Å²) in [6.07, 6.45) is 1.69. The molecule has 1 atom stereocenters. The first-order valence-corrected chi connectivity index (χ1v) is 13.5. The molecule has 1 aliphatic carbocycles. The zero-order valence-electron chi connectivity index (χ0n) is 22.2. The van der Waals surface area contributed by atoms with Crippen LogP contribution >= 0.6 is 0 Å². The standard InChI is InChI=1S/C32H32N2O5/c1-38-26-11-9-24-18-33(14-13-23(24)15-26)17-21-5-7-22(8-6-21)20-39-31-4-2-3-27-28(31)19-34(32(27)37)29-12-10-25(35)16-30(29)36/h2-9,11,15,29H,10,12-14,16-20H2,1H3. The van der Waals surface area contributed by atoms with Crippen LogP contribution in [0.4, 0.5) is 0 Å². The van der Waals surface area contributed by atoms with Crippen molar-refractivity contribution in [3.63, 3.8) is 0 Å². The summed E-state index contributed by atoms with van der Waals surface area (Å²) in [6.45, 7) is 3.56. The van der Waals surface area contributed by atoms with E-state index in [-0.39, 0.29) is 23.9 Å². The predicted octanol–water partition coefficient (Wildman–Crippen LogP) is 4.48. The number of nitrogens with zero attached hydrogens (tertiary/aromatic N) is 2. The third kappa shape index (κ3) is 5.19. The molecule has 1 saturated carbocycles. The highest BCUT2D eigenvalue weighted by Crippen LogP contribution is 2.34. The summed E-state index contributed by atoms with van der Waals surface area (Å²) < 4.78 is 11.5. The van der Waals surface area contributed by atoms with Crippen LogP contribution in [0.25, 0.3) is 0 Å². The smallest absolute Gasteiger partial charge is 0.255 e. The second-order valence-electron chi connectivity index (χ2n) is 10.7. The highest BCUT2D eigenvalue weighted by atomic mass is 16.5. The molecule has 3 aromatic rings. The van der Waals surface area contributed by atoms with E-state index < -0.39 is 6.04 Å². The van der Waals surface area contributed by atoms with Gasteiger partial charge in [0.15, 0.2) is 5.78 Å². The molecule has 6 rings (SSSR count). The third-order valence-corrected chi connectivity index (χ3v) is 8.10. The number of fused-ring (bicyclic) bond motifs is 2. The Hall–Kier alpha value is -3.97. The van der Waals surface area contributed by atoms with Gasteiger partial charge in [-0.3, -0.25) is 19.3 Å². The number of methoxy groups -OCH3 is 1. The van der Waals surface area contributed by atoms with E-state index >= 15 is 0 Å². The van der Waals surface area contributed by atoms with E-state index in [4.69, 9.17) is 9.47 Å². The number of ketones is 2. The number of benzene rings is 3. The molecule has 1 amide bonds. The van der Waals surface area contributed by atoms with Crippen LogP contribution in [-0.4, -0.2) is 47.0 Å². The van der Waals surface area contributed by atoms with Crippen LogP contribution in [0.15, 0.2) is 60.7 Å². The fourth-order valence-corrected chi connectivity index (χ4v) is 5.91. The average Bonchev–Trinajstić information content (AvgIpc) is 3.29. The molecule has 0 aromatic heterocycles. The van der Waals surface area contributed by atoms with Crippen molar-refractivity contribution in [3.05, 3.63) is 94.0 Å². The molecule has 0 N–H and O–H groups in total. The van der Waals surface area contributed by atoms with Crippen molar-refractivity contribution >= 4 is 17.5 Å². The second kappa shape index (κ2) is 10.7. The minimum Gasteiger partial charge on any atom is -0.497 e. The second-order valence-corrected chi connectivity index (χ2v) is 10.7. The Morgan fingerprint density at radius 3 is 2.51 bits per heavy atom. The Morgan fingerprint density at radius 2 is 1.72 bits per heavy atom. The predicted molar refractivity (Wildman–Crippen MR) is 146 cm³/mol. The topological polar surface area (TPSA) is 76.2 Å². The van der Waals surface area contributed by atoms with Gasteiger partial charge in [0.1, 0.15) is 23.9 Å². The summed E-state index contributed by atoms with van der Waals surface area (Å²) >= 11 is 0. The number of carbonyl (C=O) groups excluding carboxylic acids is 3. The van der Waals surface area contributed by atoms with Gasteiger partial charge in [-0.25, -0.2) is 0 Å². The molecule has 7 heteroatoms. The van der Waals surface area contributed by atoms with Crippen LogP contribution < -0.4 is 9.47 Å². The summed E-state index contributed by atoms with van der Waals surface area (Å²) in [5.41, 5.74) is 6.43. The van der Waals surface area contributed by atoms with Crippen molar-refractivity contribution < 1.29 is 23.9 Å². The molecule has 7 nitrogen and oxygen atoms in total. The lowest BCUT2D eigenvalue weighted by atomic mass is 9.92. The van der Waals surface area contributed by atoms with Crippen molar-refractivity contribution in [1.29, 1.82) is 0 Å². The zero-order chi connectivity index (χ0) is 26.9. The fraction of sp³-hybridized carbons (Fsp3) is 0.344. The first kappa shape index (κ1) is 25.3. The van der Waals surface area contributed by atoms with Gasteiger partial charge in [-0.15, -0.1) is 0 Å². The number of amides is 1. The quantitative estimate of drug-likeness (QED) is 0.425. The van der Waals surface area contributed by atoms with Crippen LogP contribution in [0.1, 0.15) is 57.4 Å². The van der Waals surface area contributed by atoms with Crippen LogP contribution in [-0.2, 0) is 42.3 Å². The summed E-state index contributed by atoms with van der Waals surface area (Å²) in [6, 6.07) is 19.8. The lowest BCUT2D eigenvalue weighted by Gasteiger charge is -2.29. The zero-order valence-corrected chi connectivity index (χ0v) is 22.2. The third-order valence-electron chi connectivity index (χ3n) is 8.10. The van der Waals surface area contributed by atoms with Crippen molar-refractivity contribution in [1.82, 2.24) is 9.80 Å². The molecule has 0 saturated heterocycles. The number of hydrogen-bond acceptors (Lipinski definition) is 6. The molecular formula is C32H32N2O5. The Kier molecular flexibility index (Phi) is 6.92. The molecule has 0 spiro atoms. The van der Waals surface area contributed by atoms with E-state index in [1.54, 1.807) is 18.1 Å². The lowest BCUT2D eigenvalue weighted by Crippen LogP contribution is -2.44. The van der Waals surface area contributed by atoms with E-state index in [0.717, 1.165) is 42.9 Å². The van der Waals surface area contributed by atoms with Gasteiger partial charge in [-0.05, 0) is 59.4 Å². The molecular weight excluding hydrogens is 492 g/mol. The monoisotopic (exact) mass is 524 g/mol. The van der Waals surface area contributed by atoms with Crippen LogP contribution in [0.3, 0.4) is 0 Å². The maximum Gasteiger partial charge on any atom is 0.255 e. The Labute approximate surface area is 228 Å². The van der Waals surface area contributed by atoms with E-state index in [1.165, 1.54) is 16.7 Å². The number of carbonyl (C=O) groups is 3. The van der Waals surface area contributed by atoms with Gasteiger partial charge in [0.25, 0.3) is 5.91 Å². The van der Waals surface area contributed by atoms with Gasteiger partial charge in [0, 0.05) is 37.2 Å². The van der Waals surface area contributed by atoms with Gasteiger partial charge in [0.2, 0.25) is 0 Å². The van der Waals surface area contributed by atoms with Gasteiger partial charge >= 0.3 is 0 Å². The molecule has 2 aliphatic heterocycles. The Balaban J connectivity index is 1.07. The number of rotatable bonds is 7. The molecule has 1 fully saturated rings. The van der Waals surface area contributed by atoms with Crippen molar-refractivity contribution in [2.24, 2.45) is 0 Å². The lowest BCUT2D eigenvalue weighted by molar-refractivity contribution is -0.133. The summed E-state index contributed by atoms with van der Waals surface area (Å²) in [5.74, 6) is 1.21. The highest BCUT2D eigenvalue weighted by molar-refractivity contribution is 6.07. The molecule has 2 heterocycles. The maximum absolute atomic E-state index is 13.1. The molecule has 3 aromatic carbocycles. The SMILES string of the molecule is COc1ccc2c(c1)CCN(Cc1ccc(COc3cccc4c3CN(C3CCC(=O)CC3=O)C4=O)cc1)C2. The minimum absolute atomic E-state index is 0.0437. The number of hydrogen-bond donors (Lipinski definition) is 0. The van der Waals surface area contributed by atoms with Crippen molar-refractivity contribution in [2.75, 3.05) is 13.7 Å². The van der Waals surface area contributed by atoms with Gasteiger partial charge in [-0.2, -0.15) is 0 Å². The largest absolute Gasteiger partial charge is 0.497 e. The molecule has 0 radical (unpaired) electrons. The van der Waals surface area contributed by atoms with Crippen LogP contribution in [0.5, 0.6) is 11.5 Å². The van der Waals surface area contributed by atoms with Gasteiger partial charge in [-0.1, -0.05) is 36.4 Å². The molecule has 0 bridgehead atoms. The first-order valence-electron chi connectivity index (χ1n) is 13.5. The van der Waals surface area contributed by atoms with Gasteiger partial charge < -0.3 is 14.4 Å². The first-order chi connectivity index (χ1) is 19.0. The van der Waals surface area contributed by atoms with Crippen LogP contribution in [0.2, 0.25) is 0 Å². The number of Topliss-reactive ketones (excluding diaryl/α,β-unsaturated/α-hetero) is 2. The maximum atomic E-state index is 13.1. The summed E-state index contributed by atoms with van der Waals surface area (Å²) in [4.78, 5) is 41.2. The van der Waals surface area contributed by atoms with E-state index in [1.807, 2.05) is 18.2 Å². The molecule has 1 unspecified atom stereocenters. The van der Waals surface area contributed by atoms with Crippen molar-refractivity contribution in [3.8, 4) is 11.5 Å². The normalized spacial score (nSPS) is 19.2. The average molecular weight is 525 g/mol. The Bertz CT molecular complexity index is 1430. The van der Waals surface area contributed by atoms with E-state index in [9.17, 15) is 14.4 Å². The van der Waals surface area contributed by atoms with Crippen LogP contribution in [0, 0.1) is 0 Å². The fourth-order valence-electron chi connectivity index (χ4n) is 5.91. The molecule has 39 heavy (non-hydrogen) atoms. The number of ether oxygens (including phenoxy) is 2. The van der Waals surface area contributed by atoms with Crippen molar-refractivity contribution in [2.45, 2.75) is 58.0 Å².